The topological polar surface area (TPSA) is 58.9 Å². The van der Waals surface area contributed by atoms with Crippen molar-refractivity contribution in [2.45, 2.75) is 92.3 Å². The van der Waals surface area contributed by atoms with E-state index in [1.807, 2.05) is 0 Å². The normalized spacial score (nSPS) is 36.8. The molecule has 10 atom stereocenters. The predicted octanol–water partition coefficient (Wildman–Crippen LogP) is 5.16. The molecule has 0 aromatic heterocycles. The molecular weight excluding hydrogens is 376 g/mol. The number of hydrogen-bond donors (Lipinski definition) is 2. The van der Waals surface area contributed by atoms with E-state index in [2.05, 4.69) is 41.5 Å². The Morgan fingerprint density at radius 2 is 1.07 bits per heavy atom. The van der Waals surface area contributed by atoms with Crippen LogP contribution in [0.1, 0.15) is 80.1 Å². The lowest BCUT2D eigenvalue weighted by atomic mass is 9.65. The Bertz CT molecular complexity index is 428. The summed E-state index contributed by atoms with van der Waals surface area (Å²) in [7, 11) is 0. The molecule has 0 bridgehead atoms. The quantitative estimate of drug-likeness (QED) is 0.479. The van der Waals surface area contributed by atoms with E-state index in [-0.39, 0.29) is 11.8 Å². The Hall–Kier alpha value is -0.160. The lowest BCUT2D eigenvalue weighted by Gasteiger charge is -2.44. The Labute approximate surface area is 186 Å². The highest BCUT2D eigenvalue weighted by molar-refractivity contribution is 4.91. The van der Waals surface area contributed by atoms with Crippen LogP contribution in [-0.2, 0) is 9.47 Å². The second-order valence-electron chi connectivity index (χ2n) is 10.7. The molecule has 2 saturated carbocycles. The third-order valence-electron chi connectivity index (χ3n) is 8.46. The number of aliphatic hydroxyl groups excluding tert-OH is 2. The summed E-state index contributed by atoms with van der Waals surface area (Å²) in [5.74, 6) is 3.46. The Morgan fingerprint density at radius 3 is 1.40 bits per heavy atom. The molecule has 4 nitrogen and oxygen atoms in total. The van der Waals surface area contributed by atoms with E-state index >= 15 is 0 Å². The van der Waals surface area contributed by atoms with Crippen LogP contribution >= 0.6 is 0 Å². The Morgan fingerprint density at radius 1 is 0.700 bits per heavy atom. The fraction of sp³-hybridized carbons (Fsp3) is 1.00. The van der Waals surface area contributed by atoms with Crippen LogP contribution in [0.3, 0.4) is 0 Å². The van der Waals surface area contributed by atoms with Crippen LogP contribution in [0.4, 0.5) is 0 Å². The predicted molar refractivity (Wildman–Crippen MR) is 123 cm³/mol. The average molecular weight is 427 g/mol. The van der Waals surface area contributed by atoms with Gasteiger partial charge >= 0.3 is 0 Å². The van der Waals surface area contributed by atoms with Crippen molar-refractivity contribution in [1.29, 1.82) is 0 Å². The van der Waals surface area contributed by atoms with E-state index in [1.165, 1.54) is 25.7 Å². The zero-order chi connectivity index (χ0) is 22.3. The van der Waals surface area contributed by atoms with Crippen molar-refractivity contribution in [1.82, 2.24) is 0 Å². The van der Waals surface area contributed by atoms with Crippen molar-refractivity contribution >= 4 is 0 Å². The molecule has 2 N–H and O–H groups in total. The highest BCUT2D eigenvalue weighted by Crippen LogP contribution is 2.43. The van der Waals surface area contributed by atoms with Gasteiger partial charge < -0.3 is 19.7 Å². The van der Waals surface area contributed by atoms with Gasteiger partial charge in [-0.1, -0.05) is 40.5 Å². The van der Waals surface area contributed by atoms with Crippen LogP contribution in [0.2, 0.25) is 0 Å². The SMILES string of the molecule is CCOCC1C[C@H](C)CC[C@H]1C(C)C(O)C(O)C(C)[C@@H]1CC[C@@H](C)CC1COCC. The number of hydrogen-bond acceptors (Lipinski definition) is 4. The minimum Gasteiger partial charge on any atom is -0.390 e. The molecule has 0 radical (unpaired) electrons. The third-order valence-corrected chi connectivity index (χ3v) is 8.46. The molecule has 0 heterocycles. The van der Waals surface area contributed by atoms with Crippen LogP contribution in [0, 0.1) is 47.3 Å². The maximum Gasteiger partial charge on any atom is 0.0830 e. The van der Waals surface area contributed by atoms with E-state index in [0.29, 0.717) is 23.7 Å². The highest BCUT2D eigenvalue weighted by atomic mass is 16.5. The summed E-state index contributed by atoms with van der Waals surface area (Å²) in [5.41, 5.74) is 0. The second kappa shape index (κ2) is 12.8. The molecule has 0 spiro atoms. The van der Waals surface area contributed by atoms with Gasteiger partial charge in [-0.25, -0.2) is 0 Å². The van der Waals surface area contributed by atoms with Crippen molar-refractivity contribution in [3.8, 4) is 0 Å². The van der Waals surface area contributed by atoms with Crippen molar-refractivity contribution in [2.24, 2.45) is 47.3 Å². The monoisotopic (exact) mass is 426 g/mol. The number of aliphatic hydroxyl groups is 2. The van der Waals surface area contributed by atoms with E-state index < -0.39 is 12.2 Å². The standard InChI is InChI=1S/C26H50O4/c1-7-29-15-21-13-17(3)9-11-23(21)19(5)25(27)26(28)20(6)24-12-10-18(4)14-22(24)16-30-8-2/h17-28H,7-16H2,1-6H3/t17-,18-,19?,20?,21?,22?,23+,24+,25?,26?/m1/s1. The Kier molecular flexibility index (Phi) is 11.1. The third kappa shape index (κ3) is 6.92. The summed E-state index contributed by atoms with van der Waals surface area (Å²) in [4.78, 5) is 0. The van der Waals surface area contributed by atoms with Gasteiger partial charge in [0.1, 0.15) is 0 Å². The fourth-order valence-electron chi connectivity index (χ4n) is 6.48. The van der Waals surface area contributed by atoms with Crippen LogP contribution in [-0.4, -0.2) is 48.8 Å². The molecule has 6 unspecified atom stereocenters. The first-order valence-corrected chi connectivity index (χ1v) is 12.8. The zero-order valence-corrected chi connectivity index (χ0v) is 20.6. The minimum absolute atomic E-state index is 0.0910. The summed E-state index contributed by atoms with van der Waals surface area (Å²) < 4.78 is 11.6. The van der Waals surface area contributed by atoms with Gasteiger partial charge in [0, 0.05) is 26.4 Å². The highest BCUT2D eigenvalue weighted by Gasteiger charge is 2.42. The van der Waals surface area contributed by atoms with Gasteiger partial charge in [0.2, 0.25) is 0 Å². The molecule has 0 aromatic rings. The zero-order valence-electron chi connectivity index (χ0n) is 20.6. The average Bonchev–Trinajstić information content (AvgIpc) is 2.74. The van der Waals surface area contributed by atoms with Crippen molar-refractivity contribution in [3.05, 3.63) is 0 Å². The molecule has 2 rings (SSSR count). The fourth-order valence-corrected chi connectivity index (χ4v) is 6.48. The van der Waals surface area contributed by atoms with Gasteiger partial charge in [-0.3, -0.25) is 0 Å². The van der Waals surface area contributed by atoms with E-state index in [0.717, 1.165) is 51.1 Å². The van der Waals surface area contributed by atoms with Crippen LogP contribution in [0.25, 0.3) is 0 Å². The van der Waals surface area contributed by atoms with Gasteiger partial charge in [0.05, 0.1) is 12.2 Å². The van der Waals surface area contributed by atoms with Crippen LogP contribution < -0.4 is 0 Å². The minimum atomic E-state index is -0.672. The summed E-state index contributed by atoms with van der Waals surface area (Å²) in [6.07, 6.45) is 5.69. The molecule has 2 aliphatic carbocycles. The molecule has 0 aromatic carbocycles. The first-order chi connectivity index (χ1) is 14.3. The maximum absolute atomic E-state index is 11.2. The summed E-state index contributed by atoms with van der Waals surface area (Å²) >= 11 is 0. The molecule has 2 fully saturated rings. The molecule has 4 heteroatoms. The van der Waals surface area contributed by atoms with Crippen molar-refractivity contribution in [3.63, 3.8) is 0 Å². The van der Waals surface area contributed by atoms with E-state index in [9.17, 15) is 10.2 Å². The molecule has 0 saturated heterocycles. The Balaban J connectivity index is 2.03. The van der Waals surface area contributed by atoms with E-state index in [4.69, 9.17) is 9.47 Å². The van der Waals surface area contributed by atoms with Gasteiger partial charge in [-0.05, 0) is 86.9 Å². The van der Waals surface area contributed by atoms with Gasteiger partial charge in [-0.15, -0.1) is 0 Å². The van der Waals surface area contributed by atoms with Crippen molar-refractivity contribution < 1.29 is 19.7 Å². The van der Waals surface area contributed by atoms with Gasteiger partial charge in [0.25, 0.3) is 0 Å². The number of ether oxygens (including phenoxy) is 2. The van der Waals surface area contributed by atoms with Crippen LogP contribution in [0.15, 0.2) is 0 Å². The maximum atomic E-state index is 11.2. The molecule has 2 aliphatic rings. The summed E-state index contributed by atoms with van der Waals surface area (Å²) in [6, 6.07) is 0. The van der Waals surface area contributed by atoms with Crippen LogP contribution in [0.5, 0.6) is 0 Å². The first kappa shape index (κ1) is 26.1. The second-order valence-corrected chi connectivity index (χ2v) is 10.7. The molecule has 0 amide bonds. The molecule has 0 aliphatic heterocycles. The summed E-state index contributed by atoms with van der Waals surface area (Å²) in [5, 5.41) is 22.5. The largest absolute Gasteiger partial charge is 0.390 e. The number of rotatable bonds is 11. The van der Waals surface area contributed by atoms with Gasteiger partial charge in [0.15, 0.2) is 0 Å². The first-order valence-electron chi connectivity index (χ1n) is 12.8. The smallest absolute Gasteiger partial charge is 0.0830 e. The van der Waals surface area contributed by atoms with Gasteiger partial charge in [-0.2, -0.15) is 0 Å². The lowest BCUT2D eigenvalue weighted by Crippen LogP contribution is -2.47. The molecular formula is C26H50O4. The molecule has 30 heavy (non-hydrogen) atoms. The van der Waals surface area contributed by atoms with Crippen molar-refractivity contribution in [2.75, 3.05) is 26.4 Å². The summed E-state index contributed by atoms with van der Waals surface area (Å²) in [6.45, 7) is 16.1. The molecule has 178 valence electrons. The lowest BCUT2D eigenvalue weighted by molar-refractivity contribution is -0.0952. The van der Waals surface area contributed by atoms with E-state index in [1.54, 1.807) is 0 Å².